The Morgan fingerprint density at radius 1 is 1.25 bits per heavy atom. The highest BCUT2D eigenvalue weighted by atomic mass is 16.6. The van der Waals surface area contributed by atoms with Crippen LogP contribution in [0.2, 0.25) is 0 Å². The first kappa shape index (κ1) is 7.35. The Balaban J connectivity index is 1.89. The third kappa shape index (κ3) is 2.09. The zero-order chi connectivity index (χ0) is 8.23. The molecule has 0 aromatic heterocycles. The molecule has 2 heteroatoms. The van der Waals surface area contributed by atoms with E-state index in [1.165, 1.54) is 0 Å². The molecule has 0 aliphatic heterocycles. The molecule has 0 N–H and O–H groups in total. The van der Waals surface area contributed by atoms with Gasteiger partial charge < -0.3 is 4.84 Å². The molecule has 1 fully saturated rings. The van der Waals surface area contributed by atoms with Gasteiger partial charge in [0.1, 0.15) is 6.10 Å². The monoisotopic (exact) mass is 161 g/mol. The number of hydrogen-bond donors (Lipinski definition) is 0. The molecular weight excluding hydrogens is 150 g/mol. The first-order valence-corrected chi connectivity index (χ1v) is 4.19. The molecule has 1 saturated carbocycles. The van der Waals surface area contributed by atoms with E-state index in [1.54, 1.807) is 6.21 Å². The highest BCUT2D eigenvalue weighted by molar-refractivity contribution is 5.78. The van der Waals surface area contributed by atoms with Gasteiger partial charge in [-0.25, -0.2) is 0 Å². The molecule has 0 radical (unpaired) electrons. The highest BCUT2D eigenvalue weighted by Crippen LogP contribution is 2.23. The van der Waals surface area contributed by atoms with Gasteiger partial charge in [-0.05, 0) is 18.4 Å². The average Bonchev–Trinajstić information content (AvgIpc) is 2.90. The van der Waals surface area contributed by atoms with Crippen molar-refractivity contribution in [3.8, 4) is 0 Å². The van der Waals surface area contributed by atoms with Crippen molar-refractivity contribution in [3.63, 3.8) is 0 Å². The van der Waals surface area contributed by atoms with E-state index in [0.29, 0.717) is 6.10 Å². The van der Waals surface area contributed by atoms with Crippen molar-refractivity contribution >= 4 is 6.21 Å². The van der Waals surface area contributed by atoms with Crippen LogP contribution in [0.3, 0.4) is 0 Å². The maximum Gasteiger partial charge on any atom is 0.127 e. The van der Waals surface area contributed by atoms with E-state index in [-0.39, 0.29) is 0 Å². The minimum atomic E-state index is 0.393. The molecule has 0 unspecified atom stereocenters. The van der Waals surface area contributed by atoms with Crippen molar-refractivity contribution in [3.05, 3.63) is 35.9 Å². The lowest BCUT2D eigenvalue weighted by Gasteiger charge is -1.92. The normalized spacial score (nSPS) is 16.7. The van der Waals surface area contributed by atoms with E-state index < -0.39 is 0 Å². The molecule has 0 spiro atoms. The summed E-state index contributed by atoms with van der Waals surface area (Å²) in [5, 5.41) is 3.88. The molecule has 62 valence electrons. The summed E-state index contributed by atoms with van der Waals surface area (Å²) in [7, 11) is 0. The minimum Gasteiger partial charge on any atom is -0.392 e. The van der Waals surface area contributed by atoms with E-state index in [1.807, 2.05) is 30.3 Å². The number of oxime groups is 1. The van der Waals surface area contributed by atoms with Crippen LogP contribution in [0.4, 0.5) is 0 Å². The van der Waals surface area contributed by atoms with Crippen LogP contribution < -0.4 is 0 Å². The van der Waals surface area contributed by atoms with Crippen molar-refractivity contribution < 1.29 is 4.84 Å². The maximum absolute atomic E-state index is 5.13. The molecular formula is C10H11NO. The van der Waals surface area contributed by atoms with Crippen molar-refractivity contribution in [2.75, 3.05) is 0 Å². The fraction of sp³-hybridized carbons (Fsp3) is 0.300. The Kier molecular flexibility index (Phi) is 2.08. The molecule has 0 bridgehead atoms. The Morgan fingerprint density at radius 3 is 2.67 bits per heavy atom. The van der Waals surface area contributed by atoms with Crippen LogP contribution in [0.1, 0.15) is 18.4 Å². The van der Waals surface area contributed by atoms with E-state index in [4.69, 9.17) is 4.84 Å². The topological polar surface area (TPSA) is 21.6 Å². The van der Waals surface area contributed by atoms with Crippen LogP contribution in [-0.4, -0.2) is 12.3 Å². The van der Waals surface area contributed by atoms with E-state index >= 15 is 0 Å². The number of rotatable bonds is 3. The van der Waals surface area contributed by atoms with Crippen LogP contribution in [-0.2, 0) is 4.84 Å². The summed E-state index contributed by atoms with van der Waals surface area (Å²) in [6, 6.07) is 9.95. The summed E-state index contributed by atoms with van der Waals surface area (Å²) >= 11 is 0. The molecule has 1 aromatic carbocycles. The zero-order valence-corrected chi connectivity index (χ0v) is 6.81. The predicted octanol–water partition coefficient (Wildman–Crippen LogP) is 2.20. The summed E-state index contributed by atoms with van der Waals surface area (Å²) in [4.78, 5) is 5.13. The molecule has 0 atom stereocenters. The predicted molar refractivity (Wildman–Crippen MR) is 48.1 cm³/mol. The highest BCUT2D eigenvalue weighted by Gasteiger charge is 2.23. The second-order valence-corrected chi connectivity index (χ2v) is 2.95. The van der Waals surface area contributed by atoms with Crippen molar-refractivity contribution in [1.82, 2.24) is 0 Å². The smallest absolute Gasteiger partial charge is 0.127 e. The summed E-state index contributed by atoms with van der Waals surface area (Å²) in [5.74, 6) is 0. The fourth-order valence-corrected chi connectivity index (χ4v) is 0.890. The lowest BCUT2D eigenvalue weighted by atomic mass is 10.2. The van der Waals surface area contributed by atoms with Gasteiger partial charge in [-0.3, -0.25) is 0 Å². The van der Waals surface area contributed by atoms with Crippen LogP contribution in [0.5, 0.6) is 0 Å². The number of nitrogens with zero attached hydrogens (tertiary/aromatic N) is 1. The quantitative estimate of drug-likeness (QED) is 0.492. The Bertz CT molecular complexity index is 264. The first-order chi connectivity index (χ1) is 5.95. The largest absolute Gasteiger partial charge is 0.392 e. The molecule has 0 saturated heterocycles. The number of hydrogen-bond acceptors (Lipinski definition) is 2. The van der Waals surface area contributed by atoms with Gasteiger partial charge in [0.25, 0.3) is 0 Å². The molecule has 1 aromatic rings. The number of benzene rings is 1. The van der Waals surface area contributed by atoms with Gasteiger partial charge in [0.05, 0.1) is 6.21 Å². The van der Waals surface area contributed by atoms with Gasteiger partial charge >= 0.3 is 0 Å². The Hall–Kier alpha value is -1.31. The third-order valence-electron chi connectivity index (χ3n) is 1.74. The summed E-state index contributed by atoms with van der Waals surface area (Å²) in [5.41, 5.74) is 1.08. The standard InChI is InChI=1S/C10H11NO/c1-2-4-9(5-3-1)8-11-12-10-6-7-10/h1-5,8,10H,6-7H2. The van der Waals surface area contributed by atoms with Crippen LogP contribution in [0.15, 0.2) is 35.5 Å². The van der Waals surface area contributed by atoms with Crippen LogP contribution >= 0.6 is 0 Å². The van der Waals surface area contributed by atoms with E-state index in [9.17, 15) is 0 Å². The van der Waals surface area contributed by atoms with Gasteiger partial charge in [0.15, 0.2) is 0 Å². The van der Waals surface area contributed by atoms with Crippen molar-refractivity contribution in [2.24, 2.45) is 5.16 Å². The second kappa shape index (κ2) is 3.39. The third-order valence-corrected chi connectivity index (χ3v) is 1.74. The molecule has 1 aliphatic rings. The van der Waals surface area contributed by atoms with Crippen molar-refractivity contribution in [2.45, 2.75) is 18.9 Å². The summed E-state index contributed by atoms with van der Waals surface area (Å²) in [6.45, 7) is 0. The van der Waals surface area contributed by atoms with Gasteiger partial charge in [-0.1, -0.05) is 35.5 Å². The van der Waals surface area contributed by atoms with Gasteiger partial charge in [-0.15, -0.1) is 0 Å². The van der Waals surface area contributed by atoms with Crippen LogP contribution in [0.25, 0.3) is 0 Å². The maximum atomic E-state index is 5.13. The Labute approximate surface area is 71.8 Å². The molecule has 0 amide bonds. The lowest BCUT2D eigenvalue weighted by Crippen LogP contribution is -1.85. The molecule has 1 aliphatic carbocycles. The van der Waals surface area contributed by atoms with Crippen LogP contribution in [0, 0.1) is 0 Å². The zero-order valence-electron chi connectivity index (χ0n) is 6.81. The van der Waals surface area contributed by atoms with Crippen molar-refractivity contribution in [1.29, 1.82) is 0 Å². The lowest BCUT2D eigenvalue weighted by molar-refractivity contribution is 0.131. The summed E-state index contributed by atoms with van der Waals surface area (Å²) in [6.07, 6.45) is 4.46. The molecule has 12 heavy (non-hydrogen) atoms. The molecule has 2 rings (SSSR count). The molecule has 0 heterocycles. The van der Waals surface area contributed by atoms with Gasteiger partial charge in [0.2, 0.25) is 0 Å². The average molecular weight is 161 g/mol. The molecule has 2 nitrogen and oxygen atoms in total. The van der Waals surface area contributed by atoms with Gasteiger partial charge in [-0.2, -0.15) is 0 Å². The first-order valence-electron chi connectivity index (χ1n) is 4.19. The van der Waals surface area contributed by atoms with E-state index in [2.05, 4.69) is 5.16 Å². The van der Waals surface area contributed by atoms with Gasteiger partial charge in [0, 0.05) is 0 Å². The van der Waals surface area contributed by atoms with E-state index in [0.717, 1.165) is 18.4 Å². The minimum absolute atomic E-state index is 0.393. The SMILES string of the molecule is C(=NOC1CC1)c1ccccc1. The Morgan fingerprint density at radius 2 is 2.00 bits per heavy atom. The summed E-state index contributed by atoms with van der Waals surface area (Å²) < 4.78 is 0. The second-order valence-electron chi connectivity index (χ2n) is 2.95. The fourth-order valence-electron chi connectivity index (χ4n) is 0.890.